The van der Waals surface area contributed by atoms with Gasteiger partial charge in [-0.1, -0.05) is 0 Å². The minimum absolute atomic E-state index is 0. The van der Waals surface area contributed by atoms with Crippen molar-refractivity contribution in [1.29, 1.82) is 0 Å². The standard InChI is InChI=1S/C3H3NO.Zn/c4-2-1-3-5;/h1-2,4H;/q-2;+2. The fraction of sp³-hybridized carbons (Fsp3) is 0. The maximum atomic E-state index is 9.07. The average molecular weight is 134 g/mol. The predicted octanol–water partition coefficient (Wildman–Crippen LogP) is 0.659. The topological polar surface area (TPSA) is 40.9 Å². The molecule has 0 amide bonds. The van der Waals surface area contributed by atoms with Gasteiger partial charge in [0.15, 0.2) is 0 Å². The third-order valence-corrected chi connectivity index (χ3v) is 0.151. The second kappa shape index (κ2) is 8.85. The van der Waals surface area contributed by atoms with Crippen LogP contribution in [0.15, 0.2) is 12.3 Å². The minimum atomic E-state index is 0. The van der Waals surface area contributed by atoms with Crippen molar-refractivity contribution >= 4 is 6.29 Å². The van der Waals surface area contributed by atoms with E-state index < -0.39 is 0 Å². The van der Waals surface area contributed by atoms with Gasteiger partial charge in [0.1, 0.15) is 0 Å². The predicted molar refractivity (Wildman–Crippen MR) is 19.2 cm³/mol. The Labute approximate surface area is 49.2 Å². The first-order valence-electron chi connectivity index (χ1n) is 1.11. The molecule has 0 rings (SSSR count). The molecule has 6 heavy (non-hydrogen) atoms. The van der Waals surface area contributed by atoms with Crippen LogP contribution in [0.1, 0.15) is 0 Å². The van der Waals surface area contributed by atoms with Gasteiger partial charge in [-0.2, -0.15) is 0 Å². The first-order valence-corrected chi connectivity index (χ1v) is 1.11. The average Bonchev–Trinajstić information content (AvgIpc) is 1.41. The fourth-order valence-corrected chi connectivity index (χ4v) is 0.0340. The van der Waals surface area contributed by atoms with E-state index in [1.807, 2.05) is 0 Å². The van der Waals surface area contributed by atoms with Gasteiger partial charge in [0, 0.05) is 0 Å². The molecule has 0 fully saturated rings. The van der Waals surface area contributed by atoms with Crippen molar-refractivity contribution in [3.63, 3.8) is 0 Å². The molecule has 0 bridgehead atoms. The van der Waals surface area contributed by atoms with Gasteiger partial charge in [-0.3, -0.25) is 0 Å². The Kier molecular flexibility index (Phi) is 13.7. The van der Waals surface area contributed by atoms with E-state index >= 15 is 0 Å². The van der Waals surface area contributed by atoms with Crippen LogP contribution < -0.4 is 0 Å². The van der Waals surface area contributed by atoms with E-state index in [1.54, 1.807) is 0 Å². The molecule has 0 aliphatic rings. The number of allylic oxidation sites excluding steroid dienone is 1. The van der Waals surface area contributed by atoms with Crippen LogP contribution in [0.25, 0.3) is 5.73 Å². The fourth-order valence-electron chi connectivity index (χ4n) is 0.0340. The van der Waals surface area contributed by atoms with Gasteiger partial charge < -0.3 is 16.7 Å². The molecule has 0 saturated carbocycles. The molecule has 0 aliphatic carbocycles. The zero-order valence-electron chi connectivity index (χ0n) is 3.27. The smallest absolute Gasteiger partial charge is 0.790 e. The minimum Gasteiger partial charge on any atom is -0.790 e. The molecule has 0 unspecified atom stereocenters. The van der Waals surface area contributed by atoms with Crippen LogP contribution in [0.5, 0.6) is 0 Å². The molecule has 28 valence electrons. The molecule has 2 nitrogen and oxygen atoms in total. The second-order valence-electron chi connectivity index (χ2n) is 0.451. The Morgan fingerprint density at radius 1 is 1.67 bits per heavy atom. The van der Waals surface area contributed by atoms with Crippen molar-refractivity contribution in [2.75, 3.05) is 0 Å². The Hall–Kier alpha value is -0.167. The number of hydrogen-bond donors (Lipinski definition) is 0. The summed E-state index contributed by atoms with van der Waals surface area (Å²) in [5.74, 6) is 0. The summed E-state index contributed by atoms with van der Waals surface area (Å²) in [5.41, 5.74) is 6.16. The van der Waals surface area contributed by atoms with Crippen LogP contribution in [0.2, 0.25) is 0 Å². The van der Waals surface area contributed by atoms with E-state index in [2.05, 4.69) is 0 Å². The Balaban J connectivity index is 0. The maximum Gasteiger partial charge on any atom is 2.00 e. The summed E-state index contributed by atoms with van der Waals surface area (Å²) in [6, 6.07) is 0. The van der Waals surface area contributed by atoms with Crippen LogP contribution >= 0.6 is 0 Å². The quantitative estimate of drug-likeness (QED) is 0.295. The molecule has 0 atom stereocenters. The van der Waals surface area contributed by atoms with Gasteiger partial charge in [-0.25, -0.2) is 6.08 Å². The van der Waals surface area contributed by atoms with Gasteiger partial charge in [-0.15, -0.1) is 0 Å². The molecule has 0 spiro atoms. The van der Waals surface area contributed by atoms with Crippen molar-refractivity contribution < 1.29 is 24.3 Å². The van der Waals surface area contributed by atoms with Gasteiger partial charge in [0.05, 0.1) is 0 Å². The van der Waals surface area contributed by atoms with Gasteiger partial charge in [-0.05, 0) is 6.29 Å². The van der Waals surface area contributed by atoms with Gasteiger partial charge in [0.25, 0.3) is 0 Å². The molecule has 0 saturated heterocycles. The van der Waals surface area contributed by atoms with Crippen LogP contribution in [-0.2, 0) is 24.3 Å². The largest absolute Gasteiger partial charge is 2.00 e. The van der Waals surface area contributed by atoms with Crippen LogP contribution in [0, 0.1) is 0 Å². The summed E-state index contributed by atoms with van der Waals surface area (Å²) in [4.78, 5) is 9.07. The SMILES string of the molecule is [NH-]C=C[C-]=O.[Zn+2]. The summed E-state index contributed by atoms with van der Waals surface area (Å²) < 4.78 is 0. The van der Waals surface area contributed by atoms with E-state index in [0.29, 0.717) is 0 Å². The molecule has 0 aromatic rings. The molecule has 0 aliphatic heterocycles. The molecule has 0 aromatic heterocycles. The number of carbonyl (C=O) groups excluding carboxylic acids is 1. The number of nitrogens with one attached hydrogen (secondary N) is 1. The number of rotatable bonds is 1. The summed E-state index contributed by atoms with van der Waals surface area (Å²) in [7, 11) is 0. The third-order valence-electron chi connectivity index (χ3n) is 0.151. The van der Waals surface area contributed by atoms with E-state index in [0.717, 1.165) is 12.3 Å². The van der Waals surface area contributed by atoms with Crippen molar-refractivity contribution in [1.82, 2.24) is 0 Å². The van der Waals surface area contributed by atoms with Gasteiger partial charge >= 0.3 is 19.5 Å². The van der Waals surface area contributed by atoms with Crippen LogP contribution in [0.4, 0.5) is 0 Å². The summed E-state index contributed by atoms with van der Waals surface area (Å²) in [5, 5.41) is 0. The second-order valence-corrected chi connectivity index (χ2v) is 0.451. The van der Waals surface area contributed by atoms with E-state index in [1.165, 1.54) is 6.29 Å². The first-order chi connectivity index (χ1) is 2.41. The van der Waals surface area contributed by atoms with Crippen LogP contribution in [-0.4, -0.2) is 6.29 Å². The third kappa shape index (κ3) is 9.16. The summed E-state index contributed by atoms with van der Waals surface area (Å²) in [6.45, 7) is 0. The molecule has 3 heteroatoms. The Bertz CT molecular complexity index is 52.8. The zero-order chi connectivity index (χ0) is 4.12. The Morgan fingerprint density at radius 3 is 2.17 bits per heavy atom. The van der Waals surface area contributed by atoms with E-state index in [-0.39, 0.29) is 19.5 Å². The zero-order valence-corrected chi connectivity index (χ0v) is 6.24. The van der Waals surface area contributed by atoms with Crippen molar-refractivity contribution in [2.24, 2.45) is 0 Å². The molecule has 0 radical (unpaired) electrons. The van der Waals surface area contributed by atoms with Crippen molar-refractivity contribution in [2.45, 2.75) is 0 Å². The molecule has 0 heterocycles. The monoisotopic (exact) mass is 133 g/mol. The molecule has 0 aromatic carbocycles. The first kappa shape index (κ1) is 9.27. The summed E-state index contributed by atoms with van der Waals surface area (Å²) >= 11 is 0. The van der Waals surface area contributed by atoms with Gasteiger partial charge in [0.2, 0.25) is 0 Å². The van der Waals surface area contributed by atoms with Crippen molar-refractivity contribution in [3.8, 4) is 0 Å². The van der Waals surface area contributed by atoms with E-state index in [4.69, 9.17) is 10.5 Å². The Morgan fingerprint density at radius 2 is 2.17 bits per heavy atom. The molecular formula is C3H3NOZn. The maximum absolute atomic E-state index is 9.07. The number of hydrogen-bond acceptors (Lipinski definition) is 1. The van der Waals surface area contributed by atoms with Crippen molar-refractivity contribution in [3.05, 3.63) is 18.0 Å². The van der Waals surface area contributed by atoms with E-state index in [9.17, 15) is 0 Å². The summed E-state index contributed by atoms with van der Waals surface area (Å²) in [6.07, 6.45) is 3.27. The van der Waals surface area contributed by atoms with Crippen LogP contribution in [0.3, 0.4) is 0 Å². The molecular weight excluding hydrogens is 131 g/mol. The normalized spacial score (nSPS) is 7.33. The molecule has 1 N–H and O–H groups in total.